The summed E-state index contributed by atoms with van der Waals surface area (Å²) in [5, 5.41) is 21.1. The molecule has 3 aliphatic rings. The number of unbranched alkanes of at least 4 members (excludes halogenated alkanes) is 1. The predicted molar refractivity (Wildman–Crippen MR) is 127 cm³/mol. The lowest BCUT2D eigenvalue weighted by Gasteiger charge is -2.26. The summed E-state index contributed by atoms with van der Waals surface area (Å²) < 4.78 is 5.31. The maximum Gasteiger partial charge on any atom is 0.232 e. The maximum atomic E-state index is 12.2. The number of ether oxygens (including phenoxy) is 1. The van der Waals surface area contributed by atoms with Crippen molar-refractivity contribution in [3.63, 3.8) is 0 Å². The second kappa shape index (κ2) is 11.9. The molecule has 3 rings (SSSR count). The first-order valence-electron chi connectivity index (χ1n) is 12.1. The van der Waals surface area contributed by atoms with Crippen LogP contribution in [0.25, 0.3) is 0 Å². The molecule has 2 aliphatic carbocycles. The summed E-state index contributed by atoms with van der Waals surface area (Å²) in [6.45, 7) is 6.82. The van der Waals surface area contributed by atoms with Gasteiger partial charge >= 0.3 is 0 Å². The molecule has 2 fully saturated rings. The van der Waals surface area contributed by atoms with Gasteiger partial charge in [-0.2, -0.15) is 11.8 Å². The topological polar surface area (TPSA) is 70.0 Å². The van der Waals surface area contributed by atoms with E-state index in [1.165, 1.54) is 5.57 Å². The Kier molecular flexibility index (Phi) is 9.50. The number of hydrogen-bond donors (Lipinski definition) is 2. The predicted octanol–water partition coefficient (Wildman–Crippen LogP) is 3.80. The molecule has 5 atom stereocenters. The van der Waals surface area contributed by atoms with Crippen LogP contribution in [-0.2, 0) is 9.53 Å². The van der Waals surface area contributed by atoms with E-state index in [0.29, 0.717) is 37.2 Å². The molecule has 5 nitrogen and oxygen atoms in total. The number of thioether (sulfide) groups is 1. The minimum absolute atomic E-state index is 0.191. The fourth-order valence-electron chi connectivity index (χ4n) is 5.20. The lowest BCUT2D eigenvalue weighted by atomic mass is 9.88. The molecule has 0 aromatic rings. The number of rotatable bonds is 11. The Morgan fingerprint density at radius 1 is 1.39 bits per heavy atom. The van der Waals surface area contributed by atoms with Crippen LogP contribution in [0.5, 0.6) is 0 Å². The van der Waals surface area contributed by atoms with Gasteiger partial charge in [0.1, 0.15) is 0 Å². The van der Waals surface area contributed by atoms with E-state index in [-0.39, 0.29) is 17.9 Å². The highest BCUT2D eigenvalue weighted by Crippen LogP contribution is 2.48. The summed E-state index contributed by atoms with van der Waals surface area (Å²) in [5.41, 5.74) is 0.839. The van der Waals surface area contributed by atoms with E-state index < -0.39 is 5.60 Å². The molecule has 1 aliphatic heterocycles. The monoisotopic (exact) mass is 451 g/mol. The summed E-state index contributed by atoms with van der Waals surface area (Å²) in [5.74, 6) is 2.92. The van der Waals surface area contributed by atoms with Crippen molar-refractivity contribution in [2.75, 3.05) is 37.8 Å². The minimum atomic E-state index is -0.648. The molecule has 0 aromatic heterocycles. The van der Waals surface area contributed by atoms with Crippen molar-refractivity contribution in [2.24, 2.45) is 17.8 Å². The molecule has 1 heterocycles. The van der Waals surface area contributed by atoms with Crippen molar-refractivity contribution in [3.8, 4) is 0 Å². The van der Waals surface area contributed by atoms with Crippen molar-refractivity contribution in [1.82, 2.24) is 4.90 Å². The van der Waals surface area contributed by atoms with E-state index in [0.717, 1.165) is 57.4 Å². The van der Waals surface area contributed by atoms with E-state index in [2.05, 4.69) is 25.2 Å². The Morgan fingerprint density at radius 2 is 2.16 bits per heavy atom. The number of fused-ring (bicyclic) bond motifs is 1. The van der Waals surface area contributed by atoms with Crippen LogP contribution in [0.15, 0.2) is 23.8 Å². The summed E-state index contributed by atoms with van der Waals surface area (Å²) in [7, 11) is 0. The average molecular weight is 452 g/mol. The Balaban J connectivity index is 1.39. The number of morpholine rings is 1. The van der Waals surface area contributed by atoms with Gasteiger partial charge in [0.25, 0.3) is 0 Å². The van der Waals surface area contributed by atoms with Crippen LogP contribution in [0.2, 0.25) is 0 Å². The van der Waals surface area contributed by atoms with Crippen LogP contribution in [0, 0.1) is 17.8 Å². The second-order valence-corrected chi connectivity index (χ2v) is 10.9. The number of amides is 1. The molecule has 6 heteroatoms. The first-order chi connectivity index (χ1) is 14.9. The summed E-state index contributed by atoms with van der Waals surface area (Å²) >= 11 is 1.73. The second-order valence-electron chi connectivity index (χ2n) is 9.77. The SMILES string of the molecule is CCCC[C@](C)(O)CC=C[C@@H]1[C@H]2CC(CCSCC(=O)N3CCOCC3)=C[C@H]2C[C@H]1O. The lowest BCUT2D eigenvalue weighted by Crippen LogP contribution is -2.41. The van der Waals surface area contributed by atoms with Gasteiger partial charge in [-0.05, 0) is 56.6 Å². The molecule has 0 radical (unpaired) electrons. The van der Waals surface area contributed by atoms with Gasteiger partial charge in [-0.15, -0.1) is 0 Å². The maximum absolute atomic E-state index is 12.2. The molecule has 0 aromatic carbocycles. The Hall–Kier alpha value is -0.820. The van der Waals surface area contributed by atoms with E-state index >= 15 is 0 Å². The van der Waals surface area contributed by atoms with Crippen LogP contribution < -0.4 is 0 Å². The molecule has 0 unspecified atom stereocenters. The number of carbonyl (C=O) groups excluding carboxylic acids is 1. The number of aliphatic hydroxyl groups is 2. The number of allylic oxidation sites excluding steroid dienone is 2. The van der Waals surface area contributed by atoms with Gasteiger partial charge in [0.2, 0.25) is 5.91 Å². The number of nitrogens with zero attached hydrogens (tertiary/aromatic N) is 1. The highest BCUT2D eigenvalue weighted by molar-refractivity contribution is 7.99. The van der Waals surface area contributed by atoms with Crippen LogP contribution in [0.3, 0.4) is 0 Å². The van der Waals surface area contributed by atoms with Crippen molar-refractivity contribution in [2.45, 2.75) is 70.5 Å². The van der Waals surface area contributed by atoms with Gasteiger partial charge in [0, 0.05) is 19.0 Å². The number of carbonyl (C=O) groups is 1. The van der Waals surface area contributed by atoms with Crippen molar-refractivity contribution < 1.29 is 19.7 Å². The third kappa shape index (κ3) is 7.34. The lowest BCUT2D eigenvalue weighted by molar-refractivity contribution is -0.132. The van der Waals surface area contributed by atoms with Crippen LogP contribution in [-0.4, -0.2) is 70.5 Å². The largest absolute Gasteiger partial charge is 0.392 e. The number of aliphatic hydroxyl groups excluding tert-OH is 1. The van der Waals surface area contributed by atoms with Gasteiger partial charge in [-0.25, -0.2) is 0 Å². The molecule has 31 heavy (non-hydrogen) atoms. The molecule has 0 bridgehead atoms. The first kappa shape index (κ1) is 24.8. The first-order valence-corrected chi connectivity index (χ1v) is 13.2. The van der Waals surface area contributed by atoms with Gasteiger partial charge < -0.3 is 19.8 Å². The van der Waals surface area contributed by atoms with E-state index in [1.54, 1.807) is 11.8 Å². The Morgan fingerprint density at radius 3 is 2.90 bits per heavy atom. The Bertz CT molecular complexity index is 641. The molecular formula is C25H41NO4S. The van der Waals surface area contributed by atoms with Crippen LogP contribution in [0.1, 0.15) is 58.8 Å². The third-order valence-electron chi connectivity index (χ3n) is 7.09. The molecule has 1 saturated carbocycles. The fourth-order valence-corrected chi connectivity index (χ4v) is 6.10. The molecule has 0 spiro atoms. The molecular weight excluding hydrogens is 410 g/mol. The van der Waals surface area contributed by atoms with Crippen molar-refractivity contribution in [1.29, 1.82) is 0 Å². The van der Waals surface area contributed by atoms with Crippen LogP contribution in [0.4, 0.5) is 0 Å². The van der Waals surface area contributed by atoms with Gasteiger partial charge in [0.05, 0.1) is 30.7 Å². The van der Waals surface area contributed by atoms with Crippen molar-refractivity contribution >= 4 is 17.7 Å². The standard InChI is InChI=1S/C25H41NO4S/c1-3-4-8-25(2,29)9-5-6-21-22-16-19(15-20(22)17-23(21)27)7-14-31-18-24(28)26-10-12-30-13-11-26/h5-6,15,20-23,27,29H,3-4,7-14,16-18H2,1-2H3/t20-,21+,22-,23+,25-/m0/s1. The third-order valence-corrected chi connectivity index (χ3v) is 8.04. The smallest absolute Gasteiger partial charge is 0.232 e. The van der Waals surface area contributed by atoms with E-state index in [1.807, 2.05) is 11.8 Å². The van der Waals surface area contributed by atoms with Crippen LogP contribution >= 0.6 is 11.8 Å². The van der Waals surface area contributed by atoms with Gasteiger partial charge in [0.15, 0.2) is 0 Å². The Labute approximate surface area is 192 Å². The molecule has 1 amide bonds. The normalized spacial score (nSPS) is 30.5. The van der Waals surface area contributed by atoms with Crippen molar-refractivity contribution in [3.05, 3.63) is 23.8 Å². The highest BCUT2D eigenvalue weighted by atomic mass is 32.2. The van der Waals surface area contributed by atoms with E-state index in [4.69, 9.17) is 4.74 Å². The van der Waals surface area contributed by atoms with Gasteiger partial charge in [-0.3, -0.25) is 4.79 Å². The quantitative estimate of drug-likeness (QED) is 0.369. The highest BCUT2D eigenvalue weighted by Gasteiger charge is 2.43. The summed E-state index contributed by atoms with van der Waals surface area (Å²) in [6, 6.07) is 0. The molecule has 2 N–H and O–H groups in total. The summed E-state index contributed by atoms with van der Waals surface area (Å²) in [4.78, 5) is 14.2. The molecule has 176 valence electrons. The summed E-state index contributed by atoms with van der Waals surface area (Å²) in [6.07, 6.45) is 12.9. The zero-order valence-corrected chi connectivity index (χ0v) is 20.1. The minimum Gasteiger partial charge on any atom is -0.392 e. The fraction of sp³-hybridized carbons (Fsp3) is 0.800. The number of hydrogen-bond acceptors (Lipinski definition) is 5. The zero-order valence-electron chi connectivity index (χ0n) is 19.3. The zero-order chi connectivity index (χ0) is 22.3. The van der Waals surface area contributed by atoms with Gasteiger partial charge in [-0.1, -0.05) is 43.6 Å². The average Bonchev–Trinajstić information content (AvgIpc) is 3.27. The van der Waals surface area contributed by atoms with E-state index in [9.17, 15) is 15.0 Å². The molecule has 1 saturated heterocycles.